The molecule has 1 amide bonds. The van der Waals surface area contributed by atoms with E-state index in [9.17, 15) is 4.79 Å². The summed E-state index contributed by atoms with van der Waals surface area (Å²) in [5.74, 6) is 0.548. The van der Waals surface area contributed by atoms with Gasteiger partial charge in [0.25, 0.3) is 5.91 Å². The highest BCUT2D eigenvalue weighted by atomic mass is 16.1. The van der Waals surface area contributed by atoms with Gasteiger partial charge in [0.2, 0.25) is 0 Å². The molecule has 1 aromatic heterocycles. The molecule has 1 aromatic carbocycles. The summed E-state index contributed by atoms with van der Waals surface area (Å²) in [5, 5.41) is 11.1. The van der Waals surface area contributed by atoms with Gasteiger partial charge in [0.15, 0.2) is 11.5 Å². The number of hydrogen-bond acceptors (Lipinski definition) is 5. The SMILES string of the molecule is CCN(CC)c1ccc(C(=O)Nc2ccc(N3CCCCC3)cc2)nn1. The summed E-state index contributed by atoms with van der Waals surface area (Å²) in [6.07, 6.45) is 3.82. The molecule has 0 spiro atoms. The van der Waals surface area contributed by atoms with Crippen LogP contribution >= 0.6 is 0 Å². The van der Waals surface area contributed by atoms with Crippen LogP contribution in [0.2, 0.25) is 0 Å². The molecule has 6 nitrogen and oxygen atoms in total. The first-order valence-corrected chi connectivity index (χ1v) is 9.46. The standard InChI is InChI=1S/C20H27N5O/c1-3-24(4-2)19-13-12-18(22-23-19)20(26)21-16-8-10-17(11-9-16)25-14-6-5-7-15-25/h8-13H,3-7,14-15H2,1-2H3,(H,21,26). The minimum Gasteiger partial charge on any atom is -0.372 e. The highest BCUT2D eigenvalue weighted by Gasteiger charge is 2.13. The molecule has 3 rings (SSSR count). The van der Waals surface area contributed by atoms with E-state index in [0.717, 1.165) is 37.7 Å². The third kappa shape index (κ3) is 4.31. The van der Waals surface area contributed by atoms with E-state index < -0.39 is 0 Å². The first-order valence-electron chi connectivity index (χ1n) is 9.46. The van der Waals surface area contributed by atoms with E-state index in [1.165, 1.54) is 24.9 Å². The Hall–Kier alpha value is -2.63. The van der Waals surface area contributed by atoms with Crippen molar-refractivity contribution in [2.75, 3.05) is 41.3 Å². The molecular weight excluding hydrogens is 326 g/mol. The van der Waals surface area contributed by atoms with Gasteiger partial charge in [-0.15, -0.1) is 10.2 Å². The van der Waals surface area contributed by atoms with Crippen molar-refractivity contribution in [1.82, 2.24) is 10.2 Å². The fraction of sp³-hybridized carbons (Fsp3) is 0.450. The van der Waals surface area contributed by atoms with Crippen LogP contribution in [0.4, 0.5) is 17.2 Å². The molecule has 26 heavy (non-hydrogen) atoms. The molecular formula is C20H27N5O. The second kappa shape index (κ2) is 8.65. The van der Waals surface area contributed by atoms with Gasteiger partial charge < -0.3 is 15.1 Å². The largest absolute Gasteiger partial charge is 0.372 e. The molecule has 1 fully saturated rings. The molecule has 2 heterocycles. The predicted molar refractivity (Wildman–Crippen MR) is 106 cm³/mol. The van der Waals surface area contributed by atoms with Gasteiger partial charge in [0, 0.05) is 37.6 Å². The third-order valence-corrected chi connectivity index (χ3v) is 4.82. The number of nitrogens with one attached hydrogen (secondary N) is 1. The lowest BCUT2D eigenvalue weighted by atomic mass is 10.1. The Kier molecular flexibility index (Phi) is 6.04. The number of anilines is 3. The summed E-state index contributed by atoms with van der Waals surface area (Å²) >= 11 is 0. The number of benzene rings is 1. The van der Waals surface area contributed by atoms with E-state index in [0.29, 0.717) is 5.69 Å². The van der Waals surface area contributed by atoms with Crippen molar-refractivity contribution in [1.29, 1.82) is 0 Å². The number of carbonyl (C=O) groups is 1. The normalized spacial score (nSPS) is 14.2. The Balaban J connectivity index is 1.62. The monoisotopic (exact) mass is 353 g/mol. The highest BCUT2D eigenvalue weighted by Crippen LogP contribution is 2.22. The number of amides is 1. The molecule has 0 unspecified atom stereocenters. The minimum atomic E-state index is -0.241. The average molecular weight is 353 g/mol. The number of aromatic nitrogens is 2. The zero-order valence-corrected chi connectivity index (χ0v) is 15.6. The van der Waals surface area contributed by atoms with Crippen LogP contribution in [0.15, 0.2) is 36.4 Å². The maximum Gasteiger partial charge on any atom is 0.276 e. The first kappa shape index (κ1) is 18.2. The fourth-order valence-corrected chi connectivity index (χ4v) is 3.27. The van der Waals surface area contributed by atoms with Gasteiger partial charge >= 0.3 is 0 Å². The van der Waals surface area contributed by atoms with Crippen LogP contribution in [-0.4, -0.2) is 42.3 Å². The summed E-state index contributed by atoms with van der Waals surface area (Å²) < 4.78 is 0. The molecule has 1 saturated heterocycles. The van der Waals surface area contributed by atoms with Crippen LogP contribution in [0.3, 0.4) is 0 Å². The maximum absolute atomic E-state index is 12.4. The van der Waals surface area contributed by atoms with Gasteiger partial charge in [-0.1, -0.05) is 0 Å². The van der Waals surface area contributed by atoms with E-state index in [2.05, 4.69) is 51.3 Å². The van der Waals surface area contributed by atoms with Gasteiger partial charge in [-0.25, -0.2) is 0 Å². The molecule has 2 aromatic rings. The molecule has 0 bridgehead atoms. The zero-order valence-electron chi connectivity index (χ0n) is 15.6. The number of piperidine rings is 1. The zero-order chi connectivity index (χ0) is 18.4. The van der Waals surface area contributed by atoms with Crippen molar-refractivity contribution in [3.63, 3.8) is 0 Å². The number of carbonyl (C=O) groups excluding carboxylic acids is 1. The van der Waals surface area contributed by atoms with Crippen LogP contribution in [0.1, 0.15) is 43.6 Å². The van der Waals surface area contributed by atoms with Crippen LogP contribution in [0.25, 0.3) is 0 Å². The lowest BCUT2D eigenvalue weighted by Crippen LogP contribution is -2.29. The van der Waals surface area contributed by atoms with Gasteiger partial charge in [-0.3, -0.25) is 4.79 Å². The van der Waals surface area contributed by atoms with Crippen LogP contribution in [-0.2, 0) is 0 Å². The van der Waals surface area contributed by atoms with Gasteiger partial charge in [-0.2, -0.15) is 0 Å². The molecule has 0 aliphatic carbocycles. The third-order valence-electron chi connectivity index (χ3n) is 4.82. The first-order chi connectivity index (χ1) is 12.7. The smallest absolute Gasteiger partial charge is 0.276 e. The maximum atomic E-state index is 12.4. The highest BCUT2D eigenvalue weighted by molar-refractivity contribution is 6.02. The lowest BCUT2D eigenvalue weighted by molar-refractivity contribution is 0.102. The summed E-state index contributed by atoms with van der Waals surface area (Å²) in [6, 6.07) is 11.6. The summed E-state index contributed by atoms with van der Waals surface area (Å²) in [7, 11) is 0. The van der Waals surface area contributed by atoms with Crippen LogP contribution < -0.4 is 15.1 Å². The molecule has 0 saturated carbocycles. The number of nitrogens with zero attached hydrogens (tertiary/aromatic N) is 4. The van der Waals surface area contributed by atoms with Gasteiger partial charge in [-0.05, 0) is 69.5 Å². The molecule has 1 aliphatic rings. The fourth-order valence-electron chi connectivity index (χ4n) is 3.27. The number of rotatable bonds is 6. The minimum absolute atomic E-state index is 0.241. The van der Waals surface area contributed by atoms with Crippen molar-refractivity contribution >= 4 is 23.1 Å². The van der Waals surface area contributed by atoms with E-state index >= 15 is 0 Å². The molecule has 138 valence electrons. The molecule has 1 N–H and O–H groups in total. The lowest BCUT2D eigenvalue weighted by Gasteiger charge is -2.28. The molecule has 0 radical (unpaired) electrons. The van der Waals surface area contributed by atoms with Crippen molar-refractivity contribution in [2.45, 2.75) is 33.1 Å². The Bertz CT molecular complexity index is 704. The second-order valence-corrected chi connectivity index (χ2v) is 6.50. The molecule has 1 aliphatic heterocycles. The molecule has 6 heteroatoms. The van der Waals surface area contributed by atoms with Crippen molar-refractivity contribution in [3.8, 4) is 0 Å². The summed E-state index contributed by atoms with van der Waals surface area (Å²) in [6.45, 7) is 8.08. The van der Waals surface area contributed by atoms with E-state index in [-0.39, 0.29) is 5.91 Å². The number of hydrogen-bond donors (Lipinski definition) is 1. The van der Waals surface area contributed by atoms with E-state index in [4.69, 9.17) is 0 Å². The van der Waals surface area contributed by atoms with Crippen molar-refractivity contribution in [2.24, 2.45) is 0 Å². The van der Waals surface area contributed by atoms with Crippen molar-refractivity contribution < 1.29 is 4.79 Å². The molecule has 0 atom stereocenters. The summed E-state index contributed by atoms with van der Waals surface area (Å²) in [4.78, 5) is 16.9. The second-order valence-electron chi connectivity index (χ2n) is 6.50. The average Bonchev–Trinajstić information content (AvgIpc) is 2.71. The van der Waals surface area contributed by atoms with Gasteiger partial charge in [0.1, 0.15) is 0 Å². The quantitative estimate of drug-likeness (QED) is 0.860. The topological polar surface area (TPSA) is 61.4 Å². The Morgan fingerprint density at radius 1 is 1.00 bits per heavy atom. The predicted octanol–water partition coefficient (Wildman–Crippen LogP) is 3.57. The van der Waals surface area contributed by atoms with E-state index in [1.54, 1.807) is 6.07 Å². The van der Waals surface area contributed by atoms with E-state index in [1.807, 2.05) is 18.2 Å². The Labute approximate surface area is 155 Å². The van der Waals surface area contributed by atoms with Crippen molar-refractivity contribution in [3.05, 3.63) is 42.1 Å². The Morgan fingerprint density at radius 2 is 1.69 bits per heavy atom. The van der Waals surface area contributed by atoms with Crippen LogP contribution in [0.5, 0.6) is 0 Å². The van der Waals surface area contributed by atoms with Gasteiger partial charge in [0.05, 0.1) is 0 Å². The summed E-state index contributed by atoms with van der Waals surface area (Å²) in [5.41, 5.74) is 2.30. The van der Waals surface area contributed by atoms with Crippen LogP contribution in [0, 0.1) is 0 Å². The Morgan fingerprint density at radius 3 is 2.27 bits per heavy atom.